The van der Waals surface area contributed by atoms with E-state index in [0.717, 1.165) is 18.4 Å². The molecular weight excluding hydrogens is 358 g/mol. The van der Waals surface area contributed by atoms with Gasteiger partial charge < -0.3 is 19.9 Å². The number of nitrogens with one attached hydrogen (secondary N) is 1. The number of pyridine rings is 1. The second-order valence-electron chi connectivity index (χ2n) is 7.70. The van der Waals surface area contributed by atoms with Gasteiger partial charge in [0.1, 0.15) is 5.69 Å². The lowest BCUT2D eigenvalue weighted by atomic mass is 9.81. The average Bonchev–Trinajstić information content (AvgIpc) is 3.24. The number of fused-ring (bicyclic) bond motifs is 1. The Kier molecular flexibility index (Phi) is 4.66. The molecule has 7 nitrogen and oxygen atoms in total. The van der Waals surface area contributed by atoms with E-state index in [1.54, 1.807) is 22.9 Å². The summed E-state index contributed by atoms with van der Waals surface area (Å²) < 4.78 is 1.54. The van der Waals surface area contributed by atoms with Gasteiger partial charge in [0.25, 0.3) is 5.56 Å². The highest BCUT2D eigenvalue weighted by atomic mass is 16.4. The van der Waals surface area contributed by atoms with Gasteiger partial charge in [-0.1, -0.05) is 36.8 Å². The Balaban J connectivity index is 1.49. The first-order valence-corrected chi connectivity index (χ1v) is 9.52. The topological polar surface area (TPSA) is 91.6 Å². The third-order valence-electron chi connectivity index (χ3n) is 6.04. The molecule has 1 aliphatic heterocycles. The molecule has 2 aromatic rings. The minimum atomic E-state index is -0.832. The van der Waals surface area contributed by atoms with Crippen LogP contribution >= 0.6 is 0 Å². The largest absolute Gasteiger partial charge is 0.481 e. The maximum absolute atomic E-state index is 12.7. The van der Waals surface area contributed by atoms with Crippen LogP contribution in [-0.4, -0.2) is 39.7 Å². The second kappa shape index (κ2) is 7.14. The summed E-state index contributed by atoms with van der Waals surface area (Å²) in [4.78, 5) is 38.8. The molecule has 4 rings (SSSR count). The van der Waals surface area contributed by atoms with E-state index in [1.165, 1.54) is 4.90 Å². The highest BCUT2D eigenvalue weighted by Crippen LogP contribution is 2.48. The van der Waals surface area contributed by atoms with Crippen molar-refractivity contribution in [3.8, 4) is 0 Å². The van der Waals surface area contributed by atoms with Gasteiger partial charge >= 0.3 is 12.0 Å². The quantitative estimate of drug-likeness (QED) is 0.852. The number of urea groups is 1. The Morgan fingerprint density at radius 3 is 2.68 bits per heavy atom. The lowest BCUT2D eigenvalue weighted by molar-refractivity contribution is -0.149. The summed E-state index contributed by atoms with van der Waals surface area (Å²) in [6.07, 6.45) is 4.00. The van der Waals surface area contributed by atoms with Crippen LogP contribution < -0.4 is 10.9 Å². The zero-order valence-corrected chi connectivity index (χ0v) is 15.5. The van der Waals surface area contributed by atoms with Crippen molar-refractivity contribution in [2.75, 3.05) is 18.4 Å². The van der Waals surface area contributed by atoms with Crippen molar-refractivity contribution < 1.29 is 14.7 Å². The number of rotatable bonds is 4. The number of carbonyl (C=O) groups is 2. The molecule has 2 fully saturated rings. The first kappa shape index (κ1) is 18.3. The lowest BCUT2D eigenvalue weighted by Gasteiger charge is -2.23. The molecule has 28 heavy (non-hydrogen) atoms. The predicted octanol–water partition coefficient (Wildman–Crippen LogP) is 2.62. The number of amides is 2. The maximum atomic E-state index is 12.7. The van der Waals surface area contributed by atoms with Crippen molar-refractivity contribution in [2.45, 2.75) is 25.8 Å². The number of likely N-dealkylation sites (tertiary alicyclic amines) is 1. The van der Waals surface area contributed by atoms with E-state index in [9.17, 15) is 19.5 Å². The predicted molar refractivity (Wildman–Crippen MR) is 104 cm³/mol. The molecule has 2 atom stereocenters. The molecule has 2 amide bonds. The Hall–Kier alpha value is -3.09. The van der Waals surface area contributed by atoms with E-state index in [0.29, 0.717) is 19.5 Å². The van der Waals surface area contributed by atoms with E-state index in [1.807, 2.05) is 30.3 Å². The minimum absolute atomic E-state index is 0.0127. The molecule has 2 aliphatic rings. The van der Waals surface area contributed by atoms with Crippen LogP contribution in [-0.2, 0) is 11.3 Å². The zero-order valence-electron chi connectivity index (χ0n) is 15.5. The number of carboxylic acids is 1. The molecule has 1 aromatic carbocycles. The van der Waals surface area contributed by atoms with Crippen molar-refractivity contribution in [2.24, 2.45) is 11.3 Å². The van der Waals surface area contributed by atoms with E-state index in [-0.39, 0.29) is 23.7 Å². The normalized spacial score (nSPS) is 23.4. The van der Waals surface area contributed by atoms with Gasteiger partial charge in [0.2, 0.25) is 0 Å². The molecule has 1 saturated carbocycles. The van der Waals surface area contributed by atoms with Gasteiger partial charge in [-0.15, -0.1) is 0 Å². The SMILES string of the molecule is O=C(Nc1cccn(Cc2ccccc2)c1=O)N1C[C@@H]2CCC[C@@]2(C(=O)O)C1. The number of aliphatic carboxylic acids is 1. The molecule has 0 bridgehead atoms. The number of anilines is 1. The number of carboxylic acid groups (broad SMARTS) is 1. The van der Waals surface area contributed by atoms with Crippen LogP contribution in [0.3, 0.4) is 0 Å². The molecule has 2 heterocycles. The van der Waals surface area contributed by atoms with Gasteiger partial charge in [-0.05, 0) is 36.5 Å². The van der Waals surface area contributed by atoms with Crippen LogP contribution in [0.5, 0.6) is 0 Å². The van der Waals surface area contributed by atoms with Crippen LogP contribution in [0.4, 0.5) is 10.5 Å². The molecular formula is C21H23N3O4. The fourth-order valence-corrected chi connectivity index (χ4v) is 4.52. The molecule has 0 unspecified atom stereocenters. The summed E-state index contributed by atoms with van der Waals surface area (Å²) in [5.41, 5.74) is 0.0717. The smallest absolute Gasteiger partial charge is 0.322 e. The van der Waals surface area contributed by atoms with Gasteiger partial charge in [-0.3, -0.25) is 9.59 Å². The summed E-state index contributed by atoms with van der Waals surface area (Å²) in [7, 11) is 0. The van der Waals surface area contributed by atoms with E-state index in [4.69, 9.17) is 0 Å². The second-order valence-corrected chi connectivity index (χ2v) is 7.70. The highest BCUT2D eigenvalue weighted by molar-refractivity contribution is 5.90. The molecule has 1 aromatic heterocycles. The first-order chi connectivity index (χ1) is 13.5. The Morgan fingerprint density at radius 2 is 1.96 bits per heavy atom. The van der Waals surface area contributed by atoms with E-state index >= 15 is 0 Å². The highest BCUT2D eigenvalue weighted by Gasteiger charge is 2.55. The van der Waals surface area contributed by atoms with Crippen molar-refractivity contribution in [3.05, 3.63) is 64.6 Å². The van der Waals surface area contributed by atoms with Gasteiger partial charge in [0.15, 0.2) is 0 Å². The number of benzene rings is 1. The first-order valence-electron chi connectivity index (χ1n) is 9.52. The zero-order chi connectivity index (χ0) is 19.7. The molecule has 146 valence electrons. The summed E-state index contributed by atoms with van der Waals surface area (Å²) in [6.45, 7) is 1.03. The van der Waals surface area contributed by atoms with Crippen molar-refractivity contribution in [3.63, 3.8) is 0 Å². The third kappa shape index (κ3) is 3.17. The van der Waals surface area contributed by atoms with Gasteiger partial charge in [-0.2, -0.15) is 0 Å². The average molecular weight is 381 g/mol. The third-order valence-corrected chi connectivity index (χ3v) is 6.04. The Morgan fingerprint density at radius 1 is 1.18 bits per heavy atom. The van der Waals surface area contributed by atoms with Crippen molar-refractivity contribution in [1.29, 1.82) is 0 Å². The Labute approximate surface area is 162 Å². The van der Waals surface area contributed by atoms with Gasteiger partial charge in [0, 0.05) is 19.3 Å². The molecule has 2 N–H and O–H groups in total. The fraction of sp³-hybridized carbons (Fsp3) is 0.381. The van der Waals surface area contributed by atoms with Crippen LogP contribution in [0.1, 0.15) is 24.8 Å². The fourth-order valence-electron chi connectivity index (χ4n) is 4.52. The number of hydrogen-bond donors (Lipinski definition) is 2. The standard InChI is InChI=1S/C21H23N3O4/c25-18-17(9-5-11-23(18)12-15-6-2-1-3-7-15)22-20(28)24-13-16-8-4-10-21(16,14-24)19(26)27/h1-3,5-7,9,11,16H,4,8,10,12-14H2,(H,22,28)(H,26,27)/t16-,21+/m0/s1. The number of nitrogens with zero attached hydrogens (tertiary/aromatic N) is 2. The monoisotopic (exact) mass is 381 g/mol. The van der Waals surface area contributed by atoms with E-state index in [2.05, 4.69) is 5.32 Å². The van der Waals surface area contributed by atoms with E-state index < -0.39 is 17.4 Å². The molecule has 7 heteroatoms. The van der Waals surface area contributed by atoms with Crippen molar-refractivity contribution in [1.82, 2.24) is 9.47 Å². The van der Waals surface area contributed by atoms with Crippen LogP contribution in [0.25, 0.3) is 0 Å². The summed E-state index contributed by atoms with van der Waals surface area (Å²) in [5, 5.41) is 12.4. The molecule has 1 aliphatic carbocycles. The Bertz CT molecular complexity index is 956. The number of hydrogen-bond acceptors (Lipinski definition) is 3. The molecule has 0 spiro atoms. The van der Waals surface area contributed by atoms with Gasteiger partial charge in [0.05, 0.1) is 12.0 Å². The van der Waals surface area contributed by atoms with Crippen LogP contribution in [0.2, 0.25) is 0 Å². The summed E-state index contributed by atoms with van der Waals surface area (Å²) >= 11 is 0. The molecule has 1 saturated heterocycles. The van der Waals surface area contributed by atoms with Crippen molar-refractivity contribution >= 4 is 17.7 Å². The minimum Gasteiger partial charge on any atom is -0.481 e. The lowest BCUT2D eigenvalue weighted by Crippen LogP contribution is -2.39. The maximum Gasteiger partial charge on any atom is 0.322 e. The summed E-state index contributed by atoms with van der Waals surface area (Å²) in [6, 6.07) is 12.5. The van der Waals surface area contributed by atoms with Gasteiger partial charge in [-0.25, -0.2) is 4.79 Å². The van der Waals surface area contributed by atoms with Crippen LogP contribution in [0.15, 0.2) is 53.5 Å². The molecule has 0 radical (unpaired) electrons. The number of aromatic nitrogens is 1. The summed E-state index contributed by atoms with van der Waals surface area (Å²) in [5.74, 6) is -0.837. The van der Waals surface area contributed by atoms with Crippen LogP contribution in [0, 0.1) is 11.3 Å². The number of carbonyl (C=O) groups excluding carboxylic acids is 1.